The summed E-state index contributed by atoms with van der Waals surface area (Å²) in [5, 5.41) is 13.0. The van der Waals surface area contributed by atoms with Crippen LogP contribution in [0.25, 0.3) is 0 Å². The van der Waals surface area contributed by atoms with Crippen molar-refractivity contribution in [3.63, 3.8) is 0 Å². The third-order valence-electron chi connectivity index (χ3n) is 3.53. The molecule has 2 unspecified atom stereocenters. The molecule has 2 rings (SSSR count). The van der Waals surface area contributed by atoms with Gasteiger partial charge in [0, 0.05) is 17.9 Å². The van der Waals surface area contributed by atoms with Gasteiger partial charge >= 0.3 is 29.2 Å². The predicted molar refractivity (Wildman–Crippen MR) is 82.9 cm³/mol. The topological polar surface area (TPSA) is 55.8 Å². The van der Waals surface area contributed by atoms with Crippen LogP contribution in [0, 0.1) is 6.67 Å². The Hall–Kier alpha value is -0.200. The van der Waals surface area contributed by atoms with Crippen LogP contribution >= 0.6 is 9.19 Å². The second-order valence-electron chi connectivity index (χ2n) is 6.65. The summed E-state index contributed by atoms with van der Waals surface area (Å²) in [6, 6.07) is 0.0932. The van der Waals surface area contributed by atoms with Crippen LogP contribution in [0.15, 0.2) is 12.4 Å². The first kappa shape index (κ1) is 19.8. The Morgan fingerprint density at radius 1 is 1.36 bits per heavy atom. The molecule has 130 valence electrons. The number of carbonyl (C=O) groups is 1. The van der Waals surface area contributed by atoms with Gasteiger partial charge in [0.2, 0.25) is 12.6 Å². The molecule has 1 fully saturated rings. The monoisotopic (exact) mass is 511 g/mol. The van der Waals surface area contributed by atoms with Crippen molar-refractivity contribution >= 4 is 15.1 Å². The molecular weight excluding hydrogens is 487 g/mol. The molecule has 2 aliphatic rings. The predicted octanol–water partition coefficient (Wildman–Crippen LogP) is 1.98. The number of amides is 1. The standard InChI is InChI=1S/C15H25N3O2.Au.ClH/c1-15(2,3)16-14(20)10-17-8-9-18(11-17)12-6-4-5-7-13(12)19;;/h8-9,12-13,19H,4-7,10H2,1-3H3,(H,16,20);;1H/q;+1;/p-1. The third kappa shape index (κ3) is 6.50. The van der Waals surface area contributed by atoms with Crippen LogP contribution in [0.4, 0.5) is 0 Å². The van der Waals surface area contributed by atoms with Gasteiger partial charge in [0.15, 0.2) is 0 Å². The zero-order valence-corrected chi connectivity index (χ0v) is 16.2. The Bertz CT molecular complexity index is 387. The second kappa shape index (κ2) is 9.18. The van der Waals surface area contributed by atoms with Crippen LogP contribution in [0.5, 0.6) is 0 Å². The van der Waals surface area contributed by atoms with Crippen molar-refractivity contribution in [2.75, 3.05) is 6.54 Å². The van der Waals surface area contributed by atoms with Crippen LogP contribution in [0.3, 0.4) is 0 Å². The Balaban J connectivity index is 0.00000116. The van der Waals surface area contributed by atoms with Gasteiger partial charge in [-0.1, -0.05) is 12.8 Å². The van der Waals surface area contributed by atoms with E-state index in [0.29, 0.717) is 0 Å². The molecule has 1 aliphatic carbocycles. The van der Waals surface area contributed by atoms with Crippen molar-refractivity contribution in [3.05, 3.63) is 19.1 Å². The first-order chi connectivity index (χ1) is 10.3. The van der Waals surface area contributed by atoms with E-state index in [1.165, 1.54) is 0 Å². The van der Waals surface area contributed by atoms with E-state index in [4.69, 9.17) is 0 Å². The molecule has 0 aromatic carbocycles. The summed E-state index contributed by atoms with van der Waals surface area (Å²) < 4.78 is 0. The Labute approximate surface area is 149 Å². The van der Waals surface area contributed by atoms with Gasteiger partial charge in [0.25, 0.3) is 0 Å². The first-order valence-corrected chi connectivity index (χ1v) is 10.1. The Kier molecular flexibility index (Phi) is 8.28. The van der Waals surface area contributed by atoms with Crippen LogP contribution in [-0.2, 0) is 24.8 Å². The minimum absolute atomic E-state index is 0.0271. The van der Waals surface area contributed by atoms with Crippen LogP contribution < -0.4 is 5.32 Å². The summed E-state index contributed by atoms with van der Waals surface area (Å²) in [6.45, 7) is 9.28. The molecular formula is C15H25AuClN3O2. The van der Waals surface area contributed by atoms with Crippen molar-refractivity contribution in [1.29, 1.82) is 0 Å². The third-order valence-corrected chi connectivity index (χ3v) is 3.53. The van der Waals surface area contributed by atoms with E-state index in [-0.39, 0.29) is 30.1 Å². The molecule has 0 spiro atoms. The summed E-state index contributed by atoms with van der Waals surface area (Å²) in [6.07, 6.45) is 7.48. The quantitative estimate of drug-likeness (QED) is 0.569. The molecule has 1 amide bonds. The molecule has 7 heteroatoms. The van der Waals surface area contributed by atoms with Crippen LogP contribution in [-0.4, -0.2) is 45.0 Å². The number of hydrogen-bond acceptors (Lipinski definition) is 4. The van der Waals surface area contributed by atoms with Crippen molar-refractivity contribution in [1.82, 2.24) is 15.1 Å². The molecule has 1 saturated carbocycles. The van der Waals surface area contributed by atoms with Crippen molar-refractivity contribution < 1.29 is 29.9 Å². The van der Waals surface area contributed by atoms with Gasteiger partial charge in [-0.3, -0.25) is 4.79 Å². The number of carbonyl (C=O) groups excluding carboxylic acids is 1. The van der Waals surface area contributed by atoms with Crippen molar-refractivity contribution in [3.8, 4) is 0 Å². The molecule has 2 radical (unpaired) electrons. The van der Waals surface area contributed by atoms with E-state index >= 15 is 0 Å². The molecule has 1 heterocycles. The number of aliphatic hydroxyl groups is 1. The summed E-state index contributed by atoms with van der Waals surface area (Å²) in [5.41, 5.74) is -0.222. The molecule has 1 aliphatic heterocycles. The number of hydrogen-bond donors (Lipinski definition) is 2. The SMILES string of the molecule is CC(C)(C)NC(=O)CN1[C]N(C2CCCCC2O)C=C1.[Cl][Au]. The zero-order valence-electron chi connectivity index (χ0n) is 13.3. The molecule has 0 bridgehead atoms. The van der Waals surface area contributed by atoms with Crippen molar-refractivity contribution in [2.45, 2.75) is 64.1 Å². The number of halogens is 1. The van der Waals surface area contributed by atoms with Crippen LogP contribution in [0.1, 0.15) is 46.5 Å². The zero-order chi connectivity index (χ0) is 16.8. The normalized spacial score (nSPS) is 24.9. The summed E-state index contributed by atoms with van der Waals surface area (Å²) in [4.78, 5) is 15.5. The molecule has 2 atom stereocenters. The Morgan fingerprint density at radius 2 is 2.00 bits per heavy atom. The average molecular weight is 512 g/mol. The van der Waals surface area contributed by atoms with Gasteiger partial charge in [-0.15, -0.1) is 0 Å². The number of aliphatic hydroxyl groups excluding tert-OH is 1. The number of nitrogens with zero attached hydrogens (tertiary/aromatic N) is 2. The summed E-state index contributed by atoms with van der Waals surface area (Å²) in [7, 11) is 4.58. The molecule has 0 aromatic rings. The number of nitrogens with one attached hydrogen (secondary N) is 1. The van der Waals surface area contributed by atoms with E-state index < -0.39 is 0 Å². The molecule has 0 aromatic heterocycles. The summed E-state index contributed by atoms with van der Waals surface area (Å²) in [5.74, 6) is -0.0271. The van der Waals surface area contributed by atoms with E-state index in [1.807, 2.05) is 38.1 Å². The minimum atomic E-state index is -0.302. The van der Waals surface area contributed by atoms with Crippen molar-refractivity contribution in [2.24, 2.45) is 0 Å². The van der Waals surface area contributed by atoms with E-state index in [1.54, 1.807) is 24.9 Å². The van der Waals surface area contributed by atoms with Crippen LogP contribution in [0.2, 0.25) is 0 Å². The van der Waals surface area contributed by atoms with E-state index in [9.17, 15) is 9.90 Å². The molecule has 5 nitrogen and oxygen atoms in total. The fourth-order valence-corrected chi connectivity index (χ4v) is 2.67. The molecule has 0 saturated heterocycles. The van der Waals surface area contributed by atoms with Gasteiger partial charge < -0.3 is 20.2 Å². The maximum absolute atomic E-state index is 11.9. The second-order valence-corrected chi connectivity index (χ2v) is 6.65. The summed E-state index contributed by atoms with van der Waals surface area (Å²) >= 11 is 1.75. The Morgan fingerprint density at radius 3 is 2.59 bits per heavy atom. The van der Waals surface area contributed by atoms with Gasteiger partial charge in [0.05, 0.1) is 18.7 Å². The average Bonchev–Trinajstić information content (AvgIpc) is 2.87. The maximum atomic E-state index is 11.9. The molecule has 2 N–H and O–H groups in total. The van der Waals surface area contributed by atoms with Gasteiger partial charge in [-0.2, -0.15) is 0 Å². The van der Waals surface area contributed by atoms with Gasteiger partial charge in [-0.05, 0) is 33.6 Å². The number of rotatable bonds is 3. The fraction of sp³-hybridized carbons (Fsp3) is 0.733. The van der Waals surface area contributed by atoms with E-state index in [2.05, 4.69) is 21.2 Å². The van der Waals surface area contributed by atoms with E-state index in [0.717, 1.165) is 25.7 Å². The first-order valence-electron chi connectivity index (χ1n) is 7.45. The fourth-order valence-electron chi connectivity index (χ4n) is 2.67. The molecule has 22 heavy (non-hydrogen) atoms. The van der Waals surface area contributed by atoms with Gasteiger partial charge in [-0.25, -0.2) is 0 Å². The van der Waals surface area contributed by atoms with Gasteiger partial charge in [0.1, 0.15) is 0 Å².